The van der Waals surface area contributed by atoms with Crippen molar-refractivity contribution in [1.82, 2.24) is 16.0 Å². The van der Waals surface area contributed by atoms with Crippen molar-refractivity contribution < 1.29 is 19.5 Å². The summed E-state index contributed by atoms with van der Waals surface area (Å²) < 4.78 is 0. The molecule has 0 aromatic heterocycles. The molecular formula is C13H23N3O4. The summed E-state index contributed by atoms with van der Waals surface area (Å²) in [5, 5.41) is 16.7. The number of hydrogen-bond acceptors (Lipinski definition) is 3. The van der Waals surface area contributed by atoms with Gasteiger partial charge >= 0.3 is 12.0 Å². The Morgan fingerprint density at radius 2 is 1.85 bits per heavy atom. The maximum atomic E-state index is 11.5. The summed E-state index contributed by atoms with van der Waals surface area (Å²) >= 11 is 0. The van der Waals surface area contributed by atoms with Crippen LogP contribution in [-0.4, -0.2) is 41.1 Å². The highest BCUT2D eigenvalue weighted by Gasteiger charge is 2.37. The lowest BCUT2D eigenvalue weighted by molar-refractivity contribution is -0.139. The molecule has 1 aliphatic carbocycles. The normalized spacial score (nSPS) is 16.1. The number of carbonyl (C=O) groups excluding carboxylic acids is 2. The van der Waals surface area contributed by atoms with Crippen LogP contribution in [0.3, 0.4) is 0 Å². The molecule has 20 heavy (non-hydrogen) atoms. The van der Waals surface area contributed by atoms with E-state index in [1.54, 1.807) is 0 Å². The number of rotatable bonds is 6. The number of urea groups is 1. The van der Waals surface area contributed by atoms with Gasteiger partial charge in [-0.3, -0.25) is 4.79 Å². The molecular weight excluding hydrogens is 262 g/mol. The van der Waals surface area contributed by atoms with Gasteiger partial charge in [0, 0.05) is 18.5 Å². The van der Waals surface area contributed by atoms with Crippen LogP contribution in [0.2, 0.25) is 0 Å². The van der Waals surface area contributed by atoms with Crippen LogP contribution < -0.4 is 16.0 Å². The van der Waals surface area contributed by atoms with Crippen molar-refractivity contribution in [3.05, 3.63) is 0 Å². The van der Waals surface area contributed by atoms with E-state index in [9.17, 15) is 14.4 Å². The Morgan fingerprint density at radius 3 is 2.30 bits per heavy atom. The molecule has 1 aliphatic rings. The van der Waals surface area contributed by atoms with Crippen molar-refractivity contribution in [3.63, 3.8) is 0 Å². The van der Waals surface area contributed by atoms with E-state index >= 15 is 0 Å². The van der Waals surface area contributed by atoms with Gasteiger partial charge in [0.1, 0.15) is 6.04 Å². The number of hydrogen-bond donors (Lipinski definition) is 4. The summed E-state index contributed by atoms with van der Waals surface area (Å²) in [7, 11) is 0. The van der Waals surface area contributed by atoms with Gasteiger partial charge in [-0.25, -0.2) is 9.59 Å². The van der Waals surface area contributed by atoms with E-state index in [1.807, 2.05) is 20.8 Å². The van der Waals surface area contributed by atoms with Crippen molar-refractivity contribution >= 4 is 17.9 Å². The lowest BCUT2D eigenvalue weighted by atomic mass is 10.1. The average Bonchev–Trinajstić information content (AvgIpc) is 3.06. The van der Waals surface area contributed by atoms with E-state index in [0.717, 1.165) is 12.8 Å². The second-order valence-corrected chi connectivity index (χ2v) is 6.10. The summed E-state index contributed by atoms with van der Waals surface area (Å²) in [6.45, 7) is 5.79. The van der Waals surface area contributed by atoms with Crippen molar-refractivity contribution in [2.75, 3.05) is 6.54 Å². The first-order valence-corrected chi connectivity index (χ1v) is 6.77. The molecule has 0 spiro atoms. The van der Waals surface area contributed by atoms with Crippen molar-refractivity contribution in [2.24, 2.45) is 5.92 Å². The lowest BCUT2D eigenvalue weighted by Crippen LogP contribution is -2.48. The largest absolute Gasteiger partial charge is 0.480 e. The first kappa shape index (κ1) is 16.3. The minimum absolute atomic E-state index is 0.0300. The average molecular weight is 285 g/mol. The molecule has 0 aromatic carbocycles. The topological polar surface area (TPSA) is 108 Å². The second kappa shape index (κ2) is 6.58. The fourth-order valence-corrected chi connectivity index (χ4v) is 1.77. The molecule has 1 fully saturated rings. The summed E-state index contributed by atoms with van der Waals surface area (Å²) in [6.07, 6.45) is 1.81. The Bertz CT molecular complexity index is 386. The third kappa shape index (κ3) is 6.40. The first-order valence-electron chi connectivity index (χ1n) is 6.77. The zero-order chi connectivity index (χ0) is 15.3. The number of aliphatic carboxylic acids is 1. The number of nitrogens with one attached hydrogen (secondary N) is 3. The third-order valence-electron chi connectivity index (χ3n) is 2.80. The maximum Gasteiger partial charge on any atom is 0.326 e. The van der Waals surface area contributed by atoms with Crippen LogP contribution in [0.25, 0.3) is 0 Å². The highest BCUT2D eigenvalue weighted by atomic mass is 16.4. The Hall–Kier alpha value is -1.79. The predicted molar refractivity (Wildman–Crippen MR) is 73.2 cm³/mol. The number of carbonyl (C=O) groups is 3. The molecule has 0 aliphatic heterocycles. The molecule has 0 bridgehead atoms. The van der Waals surface area contributed by atoms with Crippen LogP contribution >= 0.6 is 0 Å². The van der Waals surface area contributed by atoms with E-state index in [1.165, 1.54) is 0 Å². The fraction of sp³-hybridized carbons (Fsp3) is 0.769. The second-order valence-electron chi connectivity index (χ2n) is 6.10. The van der Waals surface area contributed by atoms with Crippen LogP contribution in [-0.2, 0) is 9.59 Å². The highest BCUT2D eigenvalue weighted by Crippen LogP contribution is 2.32. The lowest BCUT2D eigenvalue weighted by Gasteiger charge is -2.20. The molecule has 4 N–H and O–H groups in total. The zero-order valence-corrected chi connectivity index (χ0v) is 12.2. The van der Waals surface area contributed by atoms with Crippen molar-refractivity contribution in [3.8, 4) is 0 Å². The van der Waals surface area contributed by atoms with E-state index in [0.29, 0.717) is 0 Å². The highest BCUT2D eigenvalue weighted by molar-refractivity contribution is 5.83. The van der Waals surface area contributed by atoms with Gasteiger partial charge in [-0.1, -0.05) is 0 Å². The Kier molecular flexibility index (Phi) is 5.35. The van der Waals surface area contributed by atoms with Gasteiger partial charge in [-0.2, -0.15) is 0 Å². The Morgan fingerprint density at radius 1 is 1.25 bits per heavy atom. The van der Waals surface area contributed by atoms with Crippen LogP contribution in [0.5, 0.6) is 0 Å². The standard InChI is InChI=1S/C13H23N3O4/c1-13(2,3)16-9(17)6-7-14-12(20)15-10(11(18)19)8-4-5-8/h8,10H,4-7H2,1-3H3,(H,16,17)(H,18,19)(H2,14,15,20). The third-order valence-corrected chi connectivity index (χ3v) is 2.80. The van der Waals surface area contributed by atoms with Gasteiger partial charge in [0.25, 0.3) is 0 Å². The quantitative estimate of drug-likeness (QED) is 0.568. The number of carboxylic acid groups (broad SMARTS) is 1. The summed E-state index contributed by atoms with van der Waals surface area (Å²) in [4.78, 5) is 34.0. The molecule has 0 heterocycles. The van der Waals surface area contributed by atoms with Crippen molar-refractivity contribution in [1.29, 1.82) is 0 Å². The Balaban J connectivity index is 2.23. The van der Waals surface area contributed by atoms with E-state index in [2.05, 4.69) is 16.0 Å². The van der Waals surface area contributed by atoms with Gasteiger partial charge in [-0.05, 0) is 39.5 Å². The summed E-state index contributed by atoms with van der Waals surface area (Å²) in [5.41, 5.74) is -0.306. The van der Waals surface area contributed by atoms with Crippen LogP contribution in [0, 0.1) is 5.92 Å². The SMILES string of the molecule is CC(C)(C)NC(=O)CCNC(=O)NC(C(=O)O)C1CC1. The predicted octanol–water partition coefficient (Wildman–Crippen LogP) is 0.454. The monoisotopic (exact) mass is 285 g/mol. The van der Waals surface area contributed by atoms with Crippen LogP contribution in [0.4, 0.5) is 4.79 Å². The minimum Gasteiger partial charge on any atom is -0.480 e. The molecule has 1 saturated carbocycles. The Labute approximate surface area is 118 Å². The fourth-order valence-electron chi connectivity index (χ4n) is 1.77. The van der Waals surface area contributed by atoms with Gasteiger partial charge < -0.3 is 21.1 Å². The number of amides is 3. The van der Waals surface area contributed by atoms with Gasteiger partial charge in [0.2, 0.25) is 5.91 Å². The maximum absolute atomic E-state index is 11.5. The summed E-state index contributed by atoms with van der Waals surface area (Å²) in [6, 6.07) is -1.38. The van der Waals surface area contributed by atoms with Crippen LogP contribution in [0.15, 0.2) is 0 Å². The van der Waals surface area contributed by atoms with Crippen LogP contribution in [0.1, 0.15) is 40.0 Å². The van der Waals surface area contributed by atoms with Gasteiger partial charge in [0.15, 0.2) is 0 Å². The smallest absolute Gasteiger partial charge is 0.326 e. The number of carboxylic acids is 1. The van der Waals surface area contributed by atoms with Crippen molar-refractivity contribution in [2.45, 2.75) is 51.6 Å². The molecule has 1 rings (SSSR count). The molecule has 7 nitrogen and oxygen atoms in total. The van der Waals surface area contributed by atoms with E-state index < -0.39 is 18.0 Å². The molecule has 0 aromatic rings. The zero-order valence-electron chi connectivity index (χ0n) is 12.2. The van der Waals surface area contributed by atoms with Gasteiger partial charge in [-0.15, -0.1) is 0 Å². The first-order chi connectivity index (χ1) is 9.19. The molecule has 1 unspecified atom stereocenters. The van der Waals surface area contributed by atoms with Gasteiger partial charge in [0.05, 0.1) is 0 Å². The molecule has 7 heteroatoms. The molecule has 1 atom stereocenters. The minimum atomic E-state index is -1.02. The molecule has 0 saturated heterocycles. The summed E-state index contributed by atoms with van der Waals surface area (Å²) in [5.74, 6) is -1.15. The molecule has 0 radical (unpaired) electrons. The van der Waals surface area contributed by atoms with E-state index in [4.69, 9.17) is 5.11 Å². The molecule has 114 valence electrons. The molecule has 3 amide bonds. The van der Waals surface area contributed by atoms with E-state index in [-0.39, 0.29) is 30.3 Å².